The molecule has 3 heteroatoms. The third-order valence-corrected chi connectivity index (χ3v) is 2.82. The van der Waals surface area contributed by atoms with Gasteiger partial charge in [0.1, 0.15) is 0 Å². The largest absolute Gasteiger partial charge is 0.376 e. The first-order valence-electron chi connectivity index (χ1n) is 5.26. The van der Waals surface area contributed by atoms with Gasteiger partial charge in [0.25, 0.3) is 0 Å². The van der Waals surface area contributed by atoms with Crippen LogP contribution in [0.25, 0.3) is 0 Å². The molecule has 15 heavy (non-hydrogen) atoms. The van der Waals surface area contributed by atoms with Crippen LogP contribution in [-0.4, -0.2) is 20.1 Å². The van der Waals surface area contributed by atoms with Crippen LogP contribution in [0.2, 0.25) is 5.02 Å². The summed E-state index contributed by atoms with van der Waals surface area (Å²) in [4.78, 5) is 2.01. The molecule has 1 aromatic rings. The highest BCUT2D eigenvalue weighted by Crippen LogP contribution is 2.25. The fraction of sp³-hybridized carbons (Fsp3) is 0.500. The predicted octanol–water partition coefficient (Wildman–Crippen LogP) is 2.69. The summed E-state index contributed by atoms with van der Waals surface area (Å²) in [7, 11) is 3.97. The SMILES string of the molecule is CCC(N)Cc1ccc(N(C)C)c(Cl)c1. The summed E-state index contributed by atoms with van der Waals surface area (Å²) in [5.74, 6) is 0. The lowest BCUT2D eigenvalue weighted by Crippen LogP contribution is -2.21. The lowest BCUT2D eigenvalue weighted by Gasteiger charge is -2.16. The molecule has 1 aromatic carbocycles. The van der Waals surface area contributed by atoms with Gasteiger partial charge in [-0.25, -0.2) is 0 Å². The topological polar surface area (TPSA) is 29.3 Å². The zero-order valence-corrected chi connectivity index (χ0v) is 10.4. The highest BCUT2D eigenvalue weighted by Gasteiger charge is 2.06. The molecule has 0 heterocycles. The van der Waals surface area contributed by atoms with Gasteiger partial charge in [0.05, 0.1) is 10.7 Å². The van der Waals surface area contributed by atoms with Gasteiger partial charge in [-0.1, -0.05) is 24.6 Å². The van der Waals surface area contributed by atoms with Gasteiger partial charge < -0.3 is 10.6 Å². The van der Waals surface area contributed by atoms with Crippen molar-refractivity contribution in [2.45, 2.75) is 25.8 Å². The molecule has 0 fully saturated rings. The number of halogens is 1. The second-order valence-corrected chi connectivity index (χ2v) is 4.46. The maximum atomic E-state index is 6.17. The van der Waals surface area contributed by atoms with Crippen molar-refractivity contribution in [3.63, 3.8) is 0 Å². The average Bonchev–Trinajstić information content (AvgIpc) is 2.17. The molecule has 1 unspecified atom stereocenters. The number of hydrogen-bond donors (Lipinski definition) is 1. The van der Waals surface area contributed by atoms with Crippen molar-refractivity contribution in [1.29, 1.82) is 0 Å². The summed E-state index contributed by atoms with van der Waals surface area (Å²) >= 11 is 6.17. The Morgan fingerprint density at radius 1 is 1.40 bits per heavy atom. The maximum absolute atomic E-state index is 6.17. The molecule has 0 spiro atoms. The third kappa shape index (κ3) is 3.40. The first-order chi connectivity index (χ1) is 7.04. The van der Waals surface area contributed by atoms with Gasteiger partial charge in [0.2, 0.25) is 0 Å². The number of nitrogens with zero attached hydrogens (tertiary/aromatic N) is 1. The van der Waals surface area contributed by atoms with Gasteiger partial charge in [0, 0.05) is 20.1 Å². The van der Waals surface area contributed by atoms with E-state index in [2.05, 4.69) is 13.0 Å². The molecule has 84 valence electrons. The fourth-order valence-corrected chi connectivity index (χ4v) is 1.86. The van der Waals surface area contributed by atoms with E-state index in [1.165, 1.54) is 5.56 Å². The maximum Gasteiger partial charge on any atom is 0.0642 e. The van der Waals surface area contributed by atoms with E-state index in [0.29, 0.717) is 0 Å². The fourth-order valence-electron chi connectivity index (χ4n) is 1.49. The highest BCUT2D eigenvalue weighted by atomic mass is 35.5. The second kappa shape index (κ2) is 5.38. The molecule has 0 amide bonds. The van der Waals surface area contributed by atoms with Crippen LogP contribution >= 0.6 is 11.6 Å². The molecular formula is C12H19ClN2. The van der Waals surface area contributed by atoms with Crippen molar-refractivity contribution in [2.75, 3.05) is 19.0 Å². The molecule has 0 aliphatic rings. The van der Waals surface area contributed by atoms with E-state index >= 15 is 0 Å². The van der Waals surface area contributed by atoms with Crippen molar-refractivity contribution in [2.24, 2.45) is 5.73 Å². The number of hydrogen-bond acceptors (Lipinski definition) is 2. The molecule has 0 saturated carbocycles. The van der Waals surface area contributed by atoms with Gasteiger partial charge in [-0.05, 0) is 30.5 Å². The van der Waals surface area contributed by atoms with Crippen molar-refractivity contribution in [3.05, 3.63) is 28.8 Å². The Morgan fingerprint density at radius 2 is 2.07 bits per heavy atom. The van der Waals surface area contributed by atoms with Crippen molar-refractivity contribution in [3.8, 4) is 0 Å². The van der Waals surface area contributed by atoms with Gasteiger partial charge in [0.15, 0.2) is 0 Å². The number of rotatable bonds is 4. The molecule has 0 bridgehead atoms. The Kier molecular flexibility index (Phi) is 4.43. The first kappa shape index (κ1) is 12.3. The van der Waals surface area contributed by atoms with Crippen LogP contribution < -0.4 is 10.6 Å². The molecule has 0 aromatic heterocycles. The smallest absolute Gasteiger partial charge is 0.0642 e. The minimum atomic E-state index is 0.228. The Hall–Kier alpha value is -0.730. The van der Waals surface area contributed by atoms with Crippen LogP contribution in [0, 0.1) is 0 Å². The quantitative estimate of drug-likeness (QED) is 0.856. The van der Waals surface area contributed by atoms with E-state index in [-0.39, 0.29) is 6.04 Å². The van der Waals surface area contributed by atoms with E-state index in [1.54, 1.807) is 0 Å². The zero-order chi connectivity index (χ0) is 11.4. The van der Waals surface area contributed by atoms with Gasteiger partial charge in [-0.2, -0.15) is 0 Å². The van der Waals surface area contributed by atoms with Gasteiger partial charge >= 0.3 is 0 Å². The predicted molar refractivity (Wildman–Crippen MR) is 67.7 cm³/mol. The van der Waals surface area contributed by atoms with E-state index in [1.807, 2.05) is 31.1 Å². The normalized spacial score (nSPS) is 12.6. The van der Waals surface area contributed by atoms with E-state index in [0.717, 1.165) is 23.6 Å². The summed E-state index contributed by atoms with van der Waals surface area (Å²) < 4.78 is 0. The van der Waals surface area contributed by atoms with E-state index in [4.69, 9.17) is 17.3 Å². The molecule has 2 N–H and O–H groups in total. The lowest BCUT2D eigenvalue weighted by atomic mass is 10.0. The number of benzene rings is 1. The van der Waals surface area contributed by atoms with Crippen molar-refractivity contribution < 1.29 is 0 Å². The van der Waals surface area contributed by atoms with Crippen LogP contribution in [0.3, 0.4) is 0 Å². The molecule has 1 rings (SSSR count). The van der Waals surface area contributed by atoms with Crippen LogP contribution in [0.15, 0.2) is 18.2 Å². The molecule has 0 aliphatic carbocycles. The Balaban J connectivity index is 2.82. The van der Waals surface area contributed by atoms with Gasteiger partial charge in [-0.3, -0.25) is 0 Å². The first-order valence-corrected chi connectivity index (χ1v) is 5.63. The molecule has 0 saturated heterocycles. The highest BCUT2D eigenvalue weighted by molar-refractivity contribution is 6.33. The standard InChI is InChI=1S/C12H19ClN2/c1-4-10(14)7-9-5-6-12(15(2)3)11(13)8-9/h5-6,8,10H,4,7,14H2,1-3H3. The second-order valence-electron chi connectivity index (χ2n) is 4.05. The zero-order valence-electron chi connectivity index (χ0n) is 9.63. The summed E-state index contributed by atoms with van der Waals surface area (Å²) in [5, 5.41) is 0.792. The van der Waals surface area contributed by atoms with Crippen molar-refractivity contribution >= 4 is 17.3 Å². The number of nitrogens with two attached hydrogens (primary N) is 1. The van der Waals surface area contributed by atoms with Crippen molar-refractivity contribution in [1.82, 2.24) is 0 Å². The van der Waals surface area contributed by atoms with Crippen LogP contribution in [0.1, 0.15) is 18.9 Å². The summed E-state index contributed by atoms with van der Waals surface area (Å²) in [6.07, 6.45) is 1.89. The lowest BCUT2D eigenvalue weighted by molar-refractivity contribution is 0.646. The molecule has 2 nitrogen and oxygen atoms in total. The molecule has 0 radical (unpaired) electrons. The van der Waals surface area contributed by atoms with E-state index < -0.39 is 0 Å². The molecular weight excluding hydrogens is 208 g/mol. The van der Waals surface area contributed by atoms with Crippen LogP contribution in [0.4, 0.5) is 5.69 Å². The summed E-state index contributed by atoms with van der Waals surface area (Å²) in [6, 6.07) is 6.37. The minimum absolute atomic E-state index is 0.228. The summed E-state index contributed by atoms with van der Waals surface area (Å²) in [6.45, 7) is 2.10. The van der Waals surface area contributed by atoms with E-state index in [9.17, 15) is 0 Å². The third-order valence-electron chi connectivity index (χ3n) is 2.52. The average molecular weight is 227 g/mol. The van der Waals surface area contributed by atoms with Gasteiger partial charge in [-0.15, -0.1) is 0 Å². The Labute approximate surface area is 97.0 Å². The summed E-state index contributed by atoms with van der Waals surface area (Å²) in [5.41, 5.74) is 8.15. The van der Waals surface area contributed by atoms with Crippen LogP contribution in [0.5, 0.6) is 0 Å². The molecule has 0 aliphatic heterocycles. The monoisotopic (exact) mass is 226 g/mol. The number of anilines is 1. The Bertz CT molecular complexity index is 323. The van der Waals surface area contributed by atoms with Crippen LogP contribution in [-0.2, 0) is 6.42 Å². The molecule has 1 atom stereocenters. The minimum Gasteiger partial charge on any atom is -0.376 e. The Morgan fingerprint density at radius 3 is 2.53 bits per heavy atom.